The van der Waals surface area contributed by atoms with Gasteiger partial charge in [-0.15, -0.1) is 0 Å². The van der Waals surface area contributed by atoms with E-state index in [9.17, 15) is 9.59 Å². The summed E-state index contributed by atoms with van der Waals surface area (Å²) >= 11 is 13.6. The molecule has 0 aromatic heterocycles. The summed E-state index contributed by atoms with van der Waals surface area (Å²) in [6, 6.07) is 2.05. The lowest BCUT2D eigenvalue weighted by Gasteiger charge is -2.11. The molecular weight excluding hydrogens is 335 g/mol. The van der Waals surface area contributed by atoms with Gasteiger partial charge in [-0.05, 0) is 37.0 Å². The number of benzene rings is 1. The summed E-state index contributed by atoms with van der Waals surface area (Å²) in [6.45, 7) is 0.550. The van der Waals surface area contributed by atoms with Crippen LogP contribution in [0.25, 0.3) is 0 Å². The molecule has 0 saturated heterocycles. The molecule has 1 aromatic carbocycles. The molecular formula is C13H16Cl2N2O3S. The Balaban J connectivity index is 2.58. The van der Waals surface area contributed by atoms with Crippen LogP contribution in [0.2, 0.25) is 10.0 Å². The maximum Gasteiger partial charge on any atom is 0.335 e. The van der Waals surface area contributed by atoms with Gasteiger partial charge in [0.15, 0.2) is 0 Å². The van der Waals surface area contributed by atoms with E-state index in [1.165, 1.54) is 12.1 Å². The number of unbranched alkanes of at least 4 members (excludes halogenated alkanes) is 1. The van der Waals surface area contributed by atoms with Gasteiger partial charge in [0.25, 0.3) is 0 Å². The molecule has 21 heavy (non-hydrogen) atoms. The van der Waals surface area contributed by atoms with E-state index in [2.05, 4.69) is 10.6 Å². The molecule has 0 spiro atoms. The lowest BCUT2D eigenvalue weighted by atomic mass is 10.2. The second-order valence-electron chi connectivity index (χ2n) is 4.20. The highest BCUT2D eigenvalue weighted by Gasteiger charge is 2.14. The lowest BCUT2D eigenvalue weighted by Crippen LogP contribution is -2.29. The van der Waals surface area contributed by atoms with Gasteiger partial charge >= 0.3 is 12.0 Å². The number of rotatable bonds is 7. The van der Waals surface area contributed by atoms with Crippen LogP contribution in [0, 0.1) is 0 Å². The number of urea groups is 1. The molecule has 0 saturated carbocycles. The van der Waals surface area contributed by atoms with Crippen molar-refractivity contribution in [2.75, 3.05) is 23.9 Å². The van der Waals surface area contributed by atoms with Crippen molar-refractivity contribution in [2.45, 2.75) is 12.8 Å². The Bertz CT molecular complexity index is 503. The highest BCUT2D eigenvalue weighted by molar-refractivity contribution is 7.98. The van der Waals surface area contributed by atoms with E-state index in [4.69, 9.17) is 28.3 Å². The van der Waals surface area contributed by atoms with Crippen LogP contribution in [-0.4, -0.2) is 35.7 Å². The van der Waals surface area contributed by atoms with Crippen LogP contribution in [0.15, 0.2) is 12.1 Å². The number of hydrogen-bond donors (Lipinski definition) is 3. The fourth-order valence-corrected chi connectivity index (χ4v) is 2.62. The zero-order valence-corrected chi connectivity index (χ0v) is 13.7. The van der Waals surface area contributed by atoms with Crippen molar-refractivity contribution in [3.05, 3.63) is 27.7 Å². The zero-order chi connectivity index (χ0) is 15.8. The van der Waals surface area contributed by atoms with Gasteiger partial charge in [-0.25, -0.2) is 9.59 Å². The van der Waals surface area contributed by atoms with Crippen molar-refractivity contribution < 1.29 is 14.7 Å². The number of carboxylic acid groups (broad SMARTS) is 1. The third-order valence-electron chi connectivity index (χ3n) is 2.59. The first kappa shape index (κ1) is 17.9. The smallest absolute Gasteiger partial charge is 0.335 e. The molecule has 5 nitrogen and oxygen atoms in total. The monoisotopic (exact) mass is 350 g/mol. The van der Waals surface area contributed by atoms with Crippen molar-refractivity contribution in [1.29, 1.82) is 0 Å². The first-order chi connectivity index (χ1) is 9.95. The molecule has 0 atom stereocenters. The van der Waals surface area contributed by atoms with Crippen molar-refractivity contribution in [1.82, 2.24) is 5.32 Å². The van der Waals surface area contributed by atoms with Crippen LogP contribution in [0.5, 0.6) is 0 Å². The van der Waals surface area contributed by atoms with E-state index >= 15 is 0 Å². The van der Waals surface area contributed by atoms with Crippen molar-refractivity contribution in [3.63, 3.8) is 0 Å². The Morgan fingerprint density at radius 2 is 1.86 bits per heavy atom. The van der Waals surface area contributed by atoms with Gasteiger partial charge in [-0.1, -0.05) is 23.2 Å². The third kappa shape index (κ3) is 6.03. The van der Waals surface area contributed by atoms with E-state index in [-0.39, 0.29) is 21.3 Å². The van der Waals surface area contributed by atoms with Gasteiger partial charge in [-0.2, -0.15) is 11.8 Å². The number of aromatic carboxylic acids is 1. The number of nitrogens with one attached hydrogen (secondary N) is 2. The minimum absolute atomic E-state index is 0.0342. The first-order valence-electron chi connectivity index (χ1n) is 6.21. The standard InChI is InChI=1S/C13H16Cl2N2O3S/c1-21-5-3-2-4-16-13(20)17-11-9(14)6-8(12(18)19)7-10(11)15/h6-7H,2-5H2,1H3,(H,18,19)(H2,16,17,20). The minimum Gasteiger partial charge on any atom is -0.478 e. The molecule has 0 heterocycles. The summed E-state index contributed by atoms with van der Waals surface area (Å²) < 4.78 is 0. The van der Waals surface area contributed by atoms with Crippen LogP contribution in [0.4, 0.5) is 10.5 Å². The quantitative estimate of drug-likeness (QED) is 0.650. The summed E-state index contributed by atoms with van der Waals surface area (Å²) in [6.07, 6.45) is 3.94. The fourth-order valence-electron chi connectivity index (χ4n) is 1.55. The number of thioether (sulfide) groups is 1. The van der Waals surface area contributed by atoms with E-state index in [1.54, 1.807) is 11.8 Å². The van der Waals surface area contributed by atoms with Gasteiger partial charge in [-0.3, -0.25) is 0 Å². The van der Waals surface area contributed by atoms with Crippen LogP contribution in [-0.2, 0) is 0 Å². The second-order valence-corrected chi connectivity index (χ2v) is 6.00. The number of carbonyl (C=O) groups is 2. The molecule has 0 aliphatic rings. The summed E-state index contributed by atoms with van der Waals surface area (Å²) in [5, 5.41) is 14.2. The maximum absolute atomic E-state index is 11.7. The highest BCUT2D eigenvalue weighted by atomic mass is 35.5. The molecule has 0 radical (unpaired) electrons. The third-order valence-corrected chi connectivity index (χ3v) is 3.88. The van der Waals surface area contributed by atoms with E-state index in [1.807, 2.05) is 6.26 Å². The first-order valence-corrected chi connectivity index (χ1v) is 8.36. The number of hydrogen-bond acceptors (Lipinski definition) is 3. The van der Waals surface area contributed by atoms with Crippen LogP contribution in [0.1, 0.15) is 23.2 Å². The van der Waals surface area contributed by atoms with E-state index in [0.717, 1.165) is 18.6 Å². The van der Waals surface area contributed by atoms with Gasteiger partial charge in [0, 0.05) is 6.54 Å². The maximum atomic E-state index is 11.7. The normalized spacial score (nSPS) is 10.2. The molecule has 0 fully saturated rings. The van der Waals surface area contributed by atoms with Crippen molar-refractivity contribution in [2.24, 2.45) is 0 Å². The second kappa shape index (κ2) is 9.02. The highest BCUT2D eigenvalue weighted by Crippen LogP contribution is 2.31. The van der Waals surface area contributed by atoms with Crippen LogP contribution >= 0.6 is 35.0 Å². The number of anilines is 1. The average Bonchev–Trinajstić information content (AvgIpc) is 2.42. The molecule has 0 aliphatic heterocycles. The Kier molecular flexibility index (Phi) is 7.71. The molecule has 1 aromatic rings. The van der Waals surface area contributed by atoms with Gasteiger partial charge < -0.3 is 15.7 Å². The number of amides is 2. The summed E-state index contributed by atoms with van der Waals surface area (Å²) in [4.78, 5) is 22.6. The predicted molar refractivity (Wildman–Crippen MR) is 88.1 cm³/mol. The lowest BCUT2D eigenvalue weighted by molar-refractivity contribution is 0.0697. The molecule has 8 heteroatoms. The molecule has 0 aliphatic carbocycles. The van der Waals surface area contributed by atoms with Crippen LogP contribution < -0.4 is 10.6 Å². The summed E-state index contributed by atoms with van der Waals surface area (Å²) in [5.74, 6) is -0.0824. The predicted octanol–water partition coefficient (Wildman–Crippen LogP) is 3.96. The molecule has 1 rings (SSSR count). The molecule has 116 valence electrons. The average molecular weight is 351 g/mol. The van der Waals surface area contributed by atoms with Crippen molar-refractivity contribution >= 4 is 52.7 Å². The molecule has 0 unspecified atom stereocenters. The molecule has 0 bridgehead atoms. The number of halogens is 2. The van der Waals surface area contributed by atoms with E-state index in [0.29, 0.717) is 6.54 Å². The van der Waals surface area contributed by atoms with Crippen LogP contribution in [0.3, 0.4) is 0 Å². The Morgan fingerprint density at radius 1 is 1.24 bits per heavy atom. The Labute approximate surface area is 137 Å². The van der Waals surface area contributed by atoms with Crippen molar-refractivity contribution in [3.8, 4) is 0 Å². The largest absolute Gasteiger partial charge is 0.478 e. The zero-order valence-electron chi connectivity index (χ0n) is 11.4. The molecule has 3 N–H and O–H groups in total. The summed E-state index contributed by atoms with van der Waals surface area (Å²) in [5.41, 5.74) is 0.165. The topological polar surface area (TPSA) is 78.4 Å². The fraction of sp³-hybridized carbons (Fsp3) is 0.385. The Morgan fingerprint density at radius 3 is 2.38 bits per heavy atom. The summed E-state index contributed by atoms with van der Waals surface area (Å²) in [7, 11) is 0. The number of carbonyl (C=O) groups excluding carboxylic acids is 1. The SMILES string of the molecule is CSCCCCNC(=O)Nc1c(Cl)cc(C(=O)O)cc1Cl. The van der Waals surface area contributed by atoms with E-state index < -0.39 is 12.0 Å². The molecule has 2 amide bonds. The Hall–Kier alpha value is -1.11. The van der Waals surface area contributed by atoms with Gasteiger partial charge in [0.1, 0.15) is 0 Å². The van der Waals surface area contributed by atoms with Gasteiger partial charge in [0.05, 0.1) is 21.3 Å². The van der Waals surface area contributed by atoms with Gasteiger partial charge in [0.2, 0.25) is 0 Å². The number of carboxylic acids is 1. The minimum atomic E-state index is -1.14.